The topological polar surface area (TPSA) is 26.0 Å². The summed E-state index contributed by atoms with van der Waals surface area (Å²) in [6, 6.07) is 11.3. The second-order valence-corrected chi connectivity index (χ2v) is 4.94. The number of rotatable bonds is 2. The Morgan fingerprint density at radius 1 is 1.05 bits per heavy atom. The normalized spacial score (nSPS) is 13.3. The quantitative estimate of drug-likeness (QED) is 0.847. The molecule has 0 aromatic heterocycles. The Balaban J connectivity index is 2.46. The van der Waals surface area contributed by atoms with E-state index in [9.17, 15) is 13.2 Å². The van der Waals surface area contributed by atoms with Crippen LogP contribution in [0, 0.1) is 6.92 Å². The summed E-state index contributed by atoms with van der Waals surface area (Å²) < 4.78 is 38.0. The summed E-state index contributed by atoms with van der Waals surface area (Å²) in [7, 11) is 0. The second-order valence-electron chi connectivity index (χ2n) is 4.94. The molecule has 1 nitrogen and oxygen atoms in total. The Hall–Kier alpha value is -1.81. The molecule has 0 amide bonds. The van der Waals surface area contributed by atoms with Gasteiger partial charge in [0.1, 0.15) is 0 Å². The predicted molar refractivity (Wildman–Crippen MR) is 74.2 cm³/mol. The second kappa shape index (κ2) is 5.29. The first-order chi connectivity index (χ1) is 9.29. The van der Waals surface area contributed by atoms with E-state index in [4.69, 9.17) is 5.73 Å². The number of aryl methyl sites for hydroxylation is 1. The standard InChI is InChI=1S/C16H16F3N/c1-10-8-14(16(17,18)19)6-7-15(10)13-5-3-4-12(9-13)11(2)20/h3-9,11H,20H2,1-2H3. The highest BCUT2D eigenvalue weighted by Gasteiger charge is 2.30. The molecule has 106 valence electrons. The largest absolute Gasteiger partial charge is 0.416 e. The number of benzene rings is 2. The minimum Gasteiger partial charge on any atom is -0.324 e. The van der Waals surface area contributed by atoms with Crippen molar-refractivity contribution in [1.82, 2.24) is 0 Å². The van der Waals surface area contributed by atoms with Crippen molar-refractivity contribution in [2.24, 2.45) is 5.73 Å². The van der Waals surface area contributed by atoms with Gasteiger partial charge in [-0.3, -0.25) is 0 Å². The molecule has 0 heterocycles. The first-order valence-corrected chi connectivity index (χ1v) is 6.33. The summed E-state index contributed by atoms with van der Waals surface area (Å²) >= 11 is 0. The number of nitrogens with two attached hydrogens (primary N) is 1. The van der Waals surface area contributed by atoms with E-state index in [1.807, 2.05) is 31.2 Å². The maximum atomic E-state index is 12.7. The summed E-state index contributed by atoms with van der Waals surface area (Å²) in [4.78, 5) is 0. The van der Waals surface area contributed by atoms with Crippen LogP contribution in [0.3, 0.4) is 0 Å². The Bertz CT molecular complexity index is 615. The van der Waals surface area contributed by atoms with Crippen LogP contribution >= 0.6 is 0 Å². The molecule has 0 radical (unpaired) electrons. The summed E-state index contributed by atoms with van der Waals surface area (Å²) in [6.07, 6.45) is -4.31. The Morgan fingerprint density at radius 3 is 2.30 bits per heavy atom. The fourth-order valence-corrected chi connectivity index (χ4v) is 2.15. The van der Waals surface area contributed by atoms with Crippen LogP contribution in [0.15, 0.2) is 42.5 Å². The maximum absolute atomic E-state index is 12.7. The molecule has 2 aromatic rings. The lowest BCUT2D eigenvalue weighted by molar-refractivity contribution is -0.137. The highest BCUT2D eigenvalue weighted by molar-refractivity contribution is 5.68. The van der Waals surface area contributed by atoms with Crippen molar-refractivity contribution in [3.63, 3.8) is 0 Å². The van der Waals surface area contributed by atoms with Crippen LogP contribution < -0.4 is 5.73 Å². The van der Waals surface area contributed by atoms with E-state index < -0.39 is 11.7 Å². The van der Waals surface area contributed by atoms with Crippen LogP contribution in [0.1, 0.15) is 29.7 Å². The first kappa shape index (κ1) is 14.6. The summed E-state index contributed by atoms with van der Waals surface area (Å²) in [5.74, 6) is 0. The molecular formula is C16H16F3N. The average molecular weight is 279 g/mol. The van der Waals surface area contributed by atoms with Gasteiger partial charge in [-0.1, -0.05) is 24.3 Å². The molecule has 4 heteroatoms. The number of halogens is 3. The molecule has 0 aliphatic rings. The van der Waals surface area contributed by atoms with Crippen molar-refractivity contribution < 1.29 is 13.2 Å². The van der Waals surface area contributed by atoms with Crippen LogP contribution in [-0.2, 0) is 6.18 Å². The lowest BCUT2D eigenvalue weighted by Gasteiger charge is -2.13. The molecular weight excluding hydrogens is 263 g/mol. The van der Waals surface area contributed by atoms with Gasteiger partial charge < -0.3 is 5.73 Å². The molecule has 0 aliphatic heterocycles. The minimum absolute atomic E-state index is 0.107. The fourth-order valence-electron chi connectivity index (χ4n) is 2.15. The zero-order chi connectivity index (χ0) is 14.9. The van der Waals surface area contributed by atoms with Gasteiger partial charge in [0, 0.05) is 6.04 Å². The Labute approximate surface area is 116 Å². The van der Waals surface area contributed by atoms with E-state index in [0.29, 0.717) is 5.56 Å². The molecule has 2 N–H and O–H groups in total. The molecule has 20 heavy (non-hydrogen) atoms. The SMILES string of the molecule is Cc1cc(C(F)(F)F)ccc1-c1cccc(C(C)N)c1. The molecule has 0 fully saturated rings. The molecule has 0 aliphatic carbocycles. The maximum Gasteiger partial charge on any atom is 0.416 e. The lowest BCUT2D eigenvalue weighted by Crippen LogP contribution is -2.06. The van der Waals surface area contributed by atoms with E-state index in [1.165, 1.54) is 12.1 Å². The van der Waals surface area contributed by atoms with Crippen molar-refractivity contribution in [3.8, 4) is 11.1 Å². The van der Waals surface area contributed by atoms with Crippen LogP contribution in [-0.4, -0.2) is 0 Å². The highest BCUT2D eigenvalue weighted by atomic mass is 19.4. The van der Waals surface area contributed by atoms with E-state index >= 15 is 0 Å². The van der Waals surface area contributed by atoms with E-state index in [2.05, 4.69) is 0 Å². The summed E-state index contributed by atoms with van der Waals surface area (Å²) in [5.41, 5.74) is 8.44. The molecule has 1 unspecified atom stereocenters. The summed E-state index contributed by atoms with van der Waals surface area (Å²) in [6.45, 7) is 3.56. The fraction of sp³-hybridized carbons (Fsp3) is 0.250. The first-order valence-electron chi connectivity index (χ1n) is 6.33. The van der Waals surface area contributed by atoms with Crippen molar-refractivity contribution in [1.29, 1.82) is 0 Å². The van der Waals surface area contributed by atoms with Gasteiger partial charge in [-0.2, -0.15) is 13.2 Å². The van der Waals surface area contributed by atoms with Crippen LogP contribution in [0.25, 0.3) is 11.1 Å². The molecule has 0 bridgehead atoms. The van der Waals surface area contributed by atoms with Gasteiger partial charge >= 0.3 is 6.18 Å². The van der Waals surface area contributed by atoms with Gasteiger partial charge in [-0.15, -0.1) is 0 Å². The van der Waals surface area contributed by atoms with Gasteiger partial charge in [0.2, 0.25) is 0 Å². The zero-order valence-electron chi connectivity index (χ0n) is 11.3. The predicted octanol–water partition coefficient (Wildman–Crippen LogP) is 4.70. The smallest absolute Gasteiger partial charge is 0.324 e. The number of alkyl halides is 3. The van der Waals surface area contributed by atoms with Gasteiger partial charge in [-0.05, 0) is 54.3 Å². The molecule has 0 saturated heterocycles. The van der Waals surface area contributed by atoms with Gasteiger partial charge in [0.15, 0.2) is 0 Å². The highest BCUT2D eigenvalue weighted by Crippen LogP contribution is 2.33. The molecule has 1 atom stereocenters. The van der Waals surface area contributed by atoms with Crippen LogP contribution in [0.5, 0.6) is 0 Å². The van der Waals surface area contributed by atoms with Crippen LogP contribution in [0.2, 0.25) is 0 Å². The monoisotopic (exact) mass is 279 g/mol. The van der Waals surface area contributed by atoms with Gasteiger partial charge in [-0.25, -0.2) is 0 Å². The third-order valence-corrected chi connectivity index (χ3v) is 3.28. The minimum atomic E-state index is -4.31. The van der Waals surface area contributed by atoms with E-state index in [1.54, 1.807) is 6.92 Å². The average Bonchev–Trinajstić information content (AvgIpc) is 2.37. The van der Waals surface area contributed by atoms with Gasteiger partial charge in [0.05, 0.1) is 5.56 Å². The lowest BCUT2D eigenvalue weighted by atomic mass is 9.96. The van der Waals surface area contributed by atoms with E-state index in [0.717, 1.165) is 22.8 Å². The molecule has 0 saturated carbocycles. The molecule has 0 spiro atoms. The van der Waals surface area contributed by atoms with Crippen molar-refractivity contribution >= 4 is 0 Å². The van der Waals surface area contributed by atoms with Crippen molar-refractivity contribution in [2.45, 2.75) is 26.1 Å². The van der Waals surface area contributed by atoms with Gasteiger partial charge in [0.25, 0.3) is 0 Å². The number of hydrogen-bond donors (Lipinski definition) is 1. The third-order valence-electron chi connectivity index (χ3n) is 3.28. The van der Waals surface area contributed by atoms with Crippen molar-refractivity contribution in [3.05, 3.63) is 59.2 Å². The zero-order valence-corrected chi connectivity index (χ0v) is 11.3. The Kier molecular flexibility index (Phi) is 3.86. The third kappa shape index (κ3) is 3.02. The van der Waals surface area contributed by atoms with E-state index in [-0.39, 0.29) is 6.04 Å². The number of hydrogen-bond acceptors (Lipinski definition) is 1. The Morgan fingerprint density at radius 2 is 1.75 bits per heavy atom. The molecule has 2 aromatic carbocycles. The molecule has 2 rings (SSSR count). The van der Waals surface area contributed by atoms with Crippen LogP contribution in [0.4, 0.5) is 13.2 Å². The summed E-state index contributed by atoms with van der Waals surface area (Å²) in [5, 5.41) is 0. The van der Waals surface area contributed by atoms with Crippen molar-refractivity contribution in [2.75, 3.05) is 0 Å².